The molecule has 1 aliphatic heterocycles. The fourth-order valence-electron chi connectivity index (χ4n) is 2.66. The summed E-state index contributed by atoms with van der Waals surface area (Å²) >= 11 is 0. The van der Waals surface area contributed by atoms with Crippen LogP contribution in [-0.2, 0) is 0 Å². The van der Waals surface area contributed by atoms with E-state index in [0.717, 1.165) is 13.0 Å². The summed E-state index contributed by atoms with van der Waals surface area (Å²) in [7, 11) is 0. The normalized spacial score (nSPS) is 13.3. The summed E-state index contributed by atoms with van der Waals surface area (Å²) in [6.07, 6.45) is 9.71. The van der Waals surface area contributed by atoms with Crippen LogP contribution in [0.4, 0.5) is 0 Å². The molecule has 1 nitrogen and oxygen atoms in total. The number of hydrogen-bond donors (Lipinski definition) is 1. The fraction of sp³-hybridized carbons (Fsp3) is 0.333. The van der Waals surface area contributed by atoms with Crippen molar-refractivity contribution in [3.05, 3.63) is 85.0 Å². The van der Waals surface area contributed by atoms with Gasteiger partial charge >= 0.3 is 0 Å². The number of allylic oxidation sites excluding steroid dienone is 5. The van der Waals surface area contributed by atoms with Gasteiger partial charge in [0.1, 0.15) is 0 Å². The van der Waals surface area contributed by atoms with E-state index in [4.69, 9.17) is 0 Å². The number of nitrogens with one attached hydrogen (secondary N) is 1. The Bertz CT molecular complexity index is 615. The van der Waals surface area contributed by atoms with Crippen molar-refractivity contribution in [3.63, 3.8) is 0 Å². The van der Waals surface area contributed by atoms with E-state index in [2.05, 4.69) is 81.4 Å². The highest BCUT2D eigenvalue weighted by Crippen LogP contribution is 2.24. The van der Waals surface area contributed by atoms with E-state index in [-0.39, 0.29) is 0 Å². The van der Waals surface area contributed by atoms with Crippen LogP contribution in [0.25, 0.3) is 11.3 Å². The van der Waals surface area contributed by atoms with Crippen LogP contribution >= 0.6 is 0 Å². The van der Waals surface area contributed by atoms with Crippen LogP contribution in [0.15, 0.2) is 73.9 Å². The molecule has 0 aromatic heterocycles. The first kappa shape index (κ1) is 22.7. The quantitative estimate of drug-likeness (QED) is 0.449. The maximum Gasteiger partial charge on any atom is 0.0419 e. The predicted octanol–water partition coefficient (Wildman–Crippen LogP) is 7.02. The van der Waals surface area contributed by atoms with Crippen molar-refractivity contribution in [1.82, 2.24) is 5.32 Å². The molecule has 1 heteroatoms. The molecule has 0 amide bonds. The molecule has 0 spiro atoms. The molecule has 1 aromatic rings. The third kappa shape index (κ3) is 7.43. The van der Waals surface area contributed by atoms with E-state index < -0.39 is 0 Å². The Morgan fingerprint density at radius 3 is 2.48 bits per heavy atom. The summed E-state index contributed by atoms with van der Waals surface area (Å²) in [5, 5.41) is 3.48. The first-order chi connectivity index (χ1) is 12.1. The van der Waals surface area contributed by atoms with Crippen molar-refractivity contribution in [2.24, 2.45) is 5.92 Å². The van der Waals surface area contributed by atoms with Crippen molar-refractivity contribution in [1.29, 1.82) is 0 Å². The van der Waals surface area contributed by atoms with Gasteiger partial charge in [-0.15, -0.1) is 13.2 Å². The van der Waals surface area contributed by atoms with Crippen LogP contribution in [0.5, 0.6) is 0 Å². The summed E-state index contributed by atoms with van der Waals surface area (Å²) in [5.74, 6) is 0.688. The second-order valence-electron chi connectivity index (χ2n) is 5.84. The molecule has 0 saturated heterocycles. The van der Waals surface area contributed by atoms with Crippen LogP contribution in [-0.4, -0.2) is 6.54 Å². The Morgan fingerprint density at radius 1 is 1.24 bits per heavy atom. The number of rotatable bonds is 5. The summed E-state index contributed by atoms with van der Waals surface area (Å²) in [5.41, 5.74) is 6.27. The molecule has 0 radical (unpaired) electrons. The van der Waals surface area contributed by atoms with Crippen molar-refractivity contribution < 1.29 is 0 Å². The number of dihydropyridines is 1. The van der Waals surface area contributed by atoms with E-state index in [1.54, 1.807) is 0 Å². The van der Waals surface area contributed by atoms with Crippen LogP contribution in [0.2, 0.25) is 0 Å². The summed E-state index contributed by atoms with van der Waals surface area (Å²) in [6, 6.07) is 8.64. The standard InChI is InChI=1S/C20H25N.C2H6.C2H4/c1-5-17(6-2)18-8-7-9-19(14-18)20-13-16(10-11-21-20)12-15(3)4;2*1-2/h5-10,13-15,21H,1,11-12H2,2-4H3;1-2H3;1-2H2/b17-6+;;. The lowest BCUT2D eigenvalue weighted by Gasteiger charge is -2.18. The van der Waals surface area contributed by atoms with Gasteiger partial charge in [0.05, 0.1) is 0 Å². The molecule has 1 aromatic carbocycles. The van der Waals surface area contributed by atoms with Crippen LogP contribution in [0.3, 0.4) is 0 Å². The highest BCUT2D eigenvalue weighted by atomic mass is 14.9. The Labute approximate surface area is 155 Å². The summed E-state index contributed by atoms with van der Waals surface area (Å²) in [4.78, 5) is 0. The number of benzene rings is 1. The zero-order valence-electron chi connectivity index (χ0n) is 16.7. The third-order valence-corrected chi connectivity index (χ3v) is 3.67. The van der Waals surface area contributed by atoms with Gasteiger partial charge in [-0.25, -0.2) is 0 Å². The fourth-order valence-corrected chi connectivity index (χ4v) is 2.66. The minimum absolute atomic E-state index is 0.688. The van der Waals surface area contributed by atoms with E-state index in [9.17, 15) is 0 Å². The average Bonchev–Trinajstić information content (AvgIpc) is 2.66. The maximum absolute atomic E-state index is 3.89. The molecule has 0 saturated carbocycles. The third-order valence-electron chi connectivity index (χ3n) is 3.67. The van der Waals surface area contributed by atoms with Gasteiger partial charge in [0.2, 0.25) is 0 Å². The minimum atomic E-state index is 0.688. The van der Waals surface area contributed by atoms with E-state index in [1.807, 2.05) is 26.8 Å². The Balaban J connectivity index is 0.00000134. The SMILES string of the molecule is C=C.C=C/C(=C\C)c1cccc(C2=CC(CC(C)C)=CCN2)c1.CC. The molecule has 0 atom stereocenters. The molecule has 1 aliphatic rings. The van der Waals surface area contributed by atoms with E-state index in [0.29, 0.717) is 5.92 Å². The van der Waals surface area contributed by atoms with Crippen molar-refractivity contribution in [3.8, 4) is 0 Å². The molecular weight excluding hydrogens is 302 g/mol. The van der Waals surface area contributed by atoms with Gasteiger partial charge in [0.15, 0.2) is 0 Å². The van der Waals surface area contributed by atoms with Gasteiger partial charge in [-0.05, 0) is 53.7 Å². The first-order valence-corrected chi connectivity index (χ1v) is 9.18. The lowest BCUT2D eigenvalue weighted by molar-refractivity contribution is 0.646. The molecule has 0 aliphatic carbocycles. The van der Waals surface area contributed by atoms with Crippen LogP contribution in [0, 0.1) is 5.92 Å². The largest absolute Gasteiger partial charge is 0.381 e. The van der Waals surface area contributed by atoms with Gasteiger partial charge in [-0.1, -0.05) is 70.7 Å². The highest BCUT2D eigenvalue weighted by molar-refractivity contribution is 5.77. The van der Waals surface area contributed by atoms with Gasteiger partial charge < -0.3 is 5.32 Å². The lowest BCUT2D eigenvalue weighted by atomic mass is 9.96. The zero-order chi connectivity index (χ0) is 19.2. The molecule has 136 valence electrons. The van der Waals surface area contributed by atoms with Crippen LogP contribution < -0.4 is 5.32 Å². The topological polar surface area (TPSA) is 12.0 Å². The van der Waals surface area contributed by atoms with Gasteiger partial charge in [0.25, 0.3) is 0 Å². The monoisotopic (exact) mass is 337 g/mol. The molecule has 0 bridgehead atoms. The Kier molecular flexibility index (Phi) is 11.9. The molecule has 0 fully saturated rings. The van der Waals surface area contributed by atoms with Crippen molar-refractivity contribution in [2.45, 2.75) is 41.0 Å². The molecule has 1 N–H and O–H groups in total. The summed E-state index contributed by atoms with van der Waals surface area (Å²) < 4.78 is 0. The average molecular weight is 338 g/mol. The van der Waals surface area contributed by atoms with Crippen molar-refractivity contribution >= 4 is 11.3 Å². The van der Waals surface area contributed by atoms with Gasteiger partial charge in [-0.2, -0.15) is 0 Å². The maximum atomic E-state index is 3.89. The zero-order valence-corrected chi connectivity index (χ0v) is 16.7. The van der Waals surface area contributed by atoms with Gasteiger partial charge in [0, 0.05) is 12.2 Å². The molecule has 25 heavy (non-hydrogen) atoms. The van der Waals surface area contributed by atoms with Crippen molar-refractivity contribution in [2.75, 3.05) is 6.54 Å². The Morgan fingerprint density at radius 2 is 1.92 bits per heavy atom. The molecule has 0 unspecified atom stereocenters. The first-order valence-electron chi connectivity index (χ1n) is 9.18. The lowest BCUT2D eigenvalue weighted by Crippen LogP contribution is -2.16. The second-order valence-corrected chi connectivity index (χ2v) is 5.84. The van der Waals surface area contributed by atoms with Gasteiger partial charge in [-0.3, -0.25) is 0 Å². The summed E-state index contributed by atoms with van der Waals surface area (Å²) in [6.45, 7) is 21.4. The van der Waals surface area contributed by atoms with Crippen LogP contribution in [0.1, 0.15) is 52.2 Å². The molecule has 1 heterocycles. The highest BCUT2D eigenvalue weighted by Gasteiger charge is 2.09. The Hall–Kier alpha value is -2.28. The molecule has 2 rings (SSSR count). The van der Waals surface area contributed by atoms with E-state index >= 15 is 0 Å². The predicted molar refractivity (Wildman–Crippen MR) is 116 cm³/mol. The minimum Gasteiger partial charge on any atom is -0.381 e. The van der Waals surface area contributed by atoms with E-state index in [1.165, 1.54) is 28.0 Å². The number of hydrogen-bond acceptors (Lipinski definition) is 1. The smallest absolute Gasteiger partial charge is 0.0419 e. The second kappa shape index (κ2) is 13.1. The molecular formula is C24H35N.